The molecule has 3 nitrogen and oxygen atoms in total. The normalized spacial score (nSPS) is 13.0. The SMILES string of the molecule is COc1ccc(-n2c(-c3ccccc3)cc3c2CCC(C=O)=C3Sc2ccc(Cl)cc2)cc1. The second-order valence-electron chi connectivity index (χ2n) is 7.82. The fraction of sp³-hybridized carbons (Fsp3) is 0.107. The third-order valence-corrected chi connectivity index (χ3v) is 7.29. The van der Waals surface area contributed by atoms with Crippen molar-refractivity contribution < 1.29 is 9.53 Å². The van der Waals surface area contributed by atoms with Gasteiger partial charge >= 0.3 is 0 Å². The molecule has 0 aliphatic heterocycles. The van der Waals surface area contributed by atoms with Crippen LogP contribution in [0.15, 0.2) is 95.4 Å². The highest BCUT2D eigenvalue weighted by Crippen LogP contribution is 2.45. The van der Waals surface area contributed by atoms with Crippen molar-refractivity contribution >= 4 is 34.6 Å². The standard InChI is InChI=1S/C28H22ClNO2S/c1-32-23-12-10-22(11-13-23)30-26-16-7-20(18-31)28(33-24-14-8-21(29)9-15-24)25(26)17-27(30)19-5-3-2-4-6-19/h2-6,8-15,17-18H,7,16H2,1H3. The lowest BCUT2D eigenvalue weighted by atomic mass is 9.98. The van der Waals surface area contributed by atoms with E-state index in [0.29, 0.717) is 11.4 Å². The van der Waals surface area contributed by atoms with Gasteiger partial charge in [0.25, 0.3) is 0 Å². The van der Waals surface area contributed by atoms with Crippen LogP contribution >= 0.6 is 23.4 Å². The fourth-order valence-corrected chi connectivity index (χ4v) is 5.44. The first kappa shape index (κ1) is 21.6. The number of halogens is 1. The molecule has 0 radical (unpaired) electrons. The molecule has 0 spiro atoms. The Morgan fingerprint density at radius 3 is 2.33 bits per heavy atom. The predicted molar refractivity (Wildman–Crippen MR) is 136 cm³/mol. The molecule has 5 heteroatoms. The van der Waals surface area contributed by atoms with E-state index >= 15 is 0 Å². The number of carbonyl (C=O) groups excluding carboxylic acids is 1. The van der Waals surface area contributed by atoms with E-state index in [1.807, 2.05) is 42.5 Å². The van der Waals surface area contributed by atoms with E-state index in [1.54, 1.807) is 18.9 Å². The Hall–Kier alpha value is -3.21. The molecule has 0 saturated carbocycles. The van der Waals surface area contributed by atoms with E-state index in [1.165, 1.54) is 5.69 Å². The quantitative estimate of drug-likeness (QED) is 0.273. The number of benzene rings is 3. The van der Waals surface area contributed by atoms with Crippen LogP contribution < -0.4 is 4.74 Å². The number of aromatic nitrogens is 1. The fourth-order valence-electron chi connectivity index (χ4n) is 4.23. The van der Waals surface area contributed by atoms with Crippen molar-refractivity contribution in [3.05, 3.63) is 107 Å². The molecule has 0 fully saturated rings. The molecular weight excluding hydrogens is 450 g/mol. The highest BCUT2D eigenvalue weighted by atomic mass is 35.5. The molecule has 1 heterocycles. The summed E-state index contributed by atoms with van der Waals surface area (Å²) in [7, 11) is 1.67. The van der Waals surface area contributed by atoms with E-state index < -0.39 is 0 Å². The topological polar surface area (TPSA) is 31.2 Å². The number of hydrogen-bond acceptors (Lipinski definition) is 3. The molecule has 1 aliphatic carbocycles. The molecule has 0 amide bonds. The number of rotatable bonds is 6. The zero-order chi connectivity index (χ0) is 22.8. The molecule has 1 aliphatic rings. The van der Waals surface area contributed by atoms with Gasteiger partial charge in [-0.1, -0.05) is 53.7 Å². The Kier molecular flexibility index (Phi) is 6.12. The van der Waals surface area contributed by atoms with Crippen LogP contribution in [0.1, 0.15) is 17.7 Å². The lowest BCUT2D eigenvalue weighted by Gasteiger charge is -2.21. The van der Waals surface area contributed by atoms with Crippen LogP contribution in [0.3, 0.4) is 0 Å². The zero-order valence-corrected chi connectivity index (χ0v) is 19.7. The lowest BCUT2D eigenvalue weighted by Crippen LogP contribution is -2.09. The van der Waals surface area contributed by atoms with Crippen molar-refractivity contribution in [3.8, 4) is 22.7 Å². The van der Waals surface area contributed by atoms with Crippen molar-refractivity contribution in [2.45, 2.75) is 17.7 Å². The molecular formula is C28H22ClNO2S. The third kappa shape index (κ3) is 4.24. The Balaban J connectivity index is 1.69. The number of aldehydes is 1. The number of thioether (sulfide) groups is 1. The average Bonchev–Trinajstić information content (AvgIpc) is 3.26. The van der Waals surface area contributed by atoms with Gasteiger partial charge in [-0.15, -0.1) is 0 Å². The maximum atomic E-state index is 12.0. The van der Waals surface area contributed by atoms with Gasteiger partial charge in [0.15, 0.2) is 0 Å². The molecule has 0 N–H and O–H groups in total. The van der Waals surface area contributed by atoms with E-state index in [0.717, 1.165) is 56.3 Å². The van der Waals surface area contributed by atoms with E-state index in [9.17, 15) is 4.79 Å². The number of ether oxygens (including phenoxy) is 1. The van der Waals surface area contributed by atoms with E-state index in [2.05, 4.69) is 47.0 Å². The van der Waals surface area contributed by atoms with Gasteiger partial charge in [0.2, 0.25) is 0 Å². The molecule has 164 valence electrons. The number of fused-ring (bicyclic) bond motifs is 1. The monoisotopic (exact) mass is 471 g/mol. The minimum absolute atomic E-state index is 0.699. The number of hydrogen-bond donors (Lipinski definition) is 0. The summed E-state index contributed by atoms with van der Waals surface area (Å²) in [5, 5.41) is 0.699. The largest absolute Gasteiger partial charge is 0.497 e. The van der Waals surface area contributed by atoms with Crippen LogP contribution in [-0.2, 0) is 11.2 Å². The summed E-state index contributed by atoms with van der Waals surface area (Å²) in [6.45, 7) is 0. The Labute approximate surface area is 202 Å². The van der Waals surface area contributed by atoms with Crippen LogP contribution in [0, 0.1) is 0 Å². The van der Waals surface area contributed by atoms with Crippen molar-refractivity contribution in [1.82, 2.24) is 4.57 Å². The van der Waals surface area contributed by atoms with Crippen LogP contribution in [0.25, 0.3) is 21.8 Å². The van der Waals surface area contributed by atoms with Gasteiger partial charge in [-0.25, -0.2) is 0 Å². The van der Waals surface area contributed by atoms with Gasteiger partial charge in [-0.05, 0) is 73.0 Å². The number of carbonyl (C=O) groups is 1. The highest BCUT2D eigenvalue weighted by molar-refractivity contribution is 8.08. The summed E-state index contributed by atoms with van der Waals surface area (Å²) in [5.74, 6) is 0.822. The number of allylic oxidation sites excluding steroid dienone is 1. The van der Waals surface area contributed by atoms with Gasteiger partial charge in [0, 0.05) is 37.3 Å². The first-order valence-corrected chi connectivity index (χ1v) is 11.9. The van der Waals surface area contributed by atoms with E-state index in [4.69, 9.17) is 16.3 Å². The van der Waals surface area contributed by atoms with Crippen LogP contribution in [0.4, 0.5) is 0 Å². The van der Waals surface area contributed by atoms with Gasteiger partial charge in [0.1, 0.15) is 12.0 Å². The predicted octanol–water partition coefficient (Wildman–Crippen LogP) is 7.45. The smallest absolute Gasteiger partial charge is 0.147 e. The Morgan fingerprint density at radius 1 is 0.939 bits per heavy atom. The second kappa shape index (κ2) is 9.34. The first-order valence-electron chi connectivity index (χ1n) is 10.7. The lowest BCUT2D eigenvalue weighted by molar-refractivity contribution is -0.105. The van der Waals surface area contributed by atoms with E-state index in [-0.39, 0.29) is 0 Å². The highest BCUT2D eigenvalue weighted by Gasteiger charge is 2.26. The minimum Gasteiger partial charge on any atom is -0.497 e. The zero-order valence-electron chi connectivity index (χ0n) is 18.1. The van der Waals surface area contributed by atoms with Gasteiger partial charge < -0.3 is 9.30 Å². The summed E-state index contributed by atoms with van der Waals surface area (Å²) < 4.78 is 7.68. The third-order valence-electron chi connectivity index (χ3n) is 5.85. The number of methoxy groups -OCH3 is 1. The average molecular weight is 472 g/mol. The van der Waals surface area contributed by atoms with Crippen LogP contribution in [0.5, 0.6) is 5.75 Å². The maximum Gasteiger partial charge on any atom is 0.147 e. The molecule has 4 aromatic rings. The summed E-state index contributed by atoms with van der Waals surface area (Å²) >= 11 is 7.71. The molecule has 0 unspecified atom stereocenters. The molecule has 33 heavy (non-hydrogen) atoms. The van der Waals surface area contributed by atoms with Crippen LogP contribution in [-0.4, -0.2) is 18.0 Å². The Bertz CT molecular complexity index is 1320. The molecule has 0 atom stereocenters. The molecule has 0 saturated heterocycles. The Morgan fingerprint density at radius 2 is 1.67 bits per heavy atom. The summed E-state index contributed by atoms with van der Waals surface area (Å²) in [6.07, 6.45) is 2.52. The maximum absolute atomic E-state index is 12.0. The van der Waals surface area contributed by atoms with Gasteiger partial charge in [0.05, 0.1) is 12.8 Å². The summed E-state index contributed by atoms with van der Waals surface area (Å²) in [6, 6.07) is 28.5. The van der Waals surface area contributed by atoms with Gasteiger partial charge in [-0.2, -0.15) is 0 Å². The van der Waals surface area contributed by atoms with Crippen LogP contribution in [0.2, 0.25) is 5.02 Å². The van der Waals surface area contributed by atoms with Crippen molar-refractivity contribution in [3.63, 3.8) is 0 Å². The molecule has 5 rings (SSSR count). The summed E-state index contributed by atoms with van der Waals surface area (Å²) in [5.41, 5.74) is 6.47. The van der Waals surface area contributed by atoms with Gasteiger partial charge in [-0.3, -0.25) is 4.79 Å². The van der Waals surface area contributed by atoms with Crippen molar-refractivity contribution in [1.29, 1.82) is 0 Å². The number of nitrogens with zero attached hydrogens (tertiary/aromatic N) is 1. The second-order valence-corrected chi connectivity index (χ2v) is 9.34. The van der Waals surface area contributed by atoms with Crippen molar-refractivity contribution in [2.75, 3.05) is 7.11 Å². The summed E-state index contributed by atoms with van der Waals surface area (Å²) in [4.78, 5) is 14.1. The van der Waals surface area contributed by atoms with Crippen molar-refractivity contribution in [2.24, 2.45) is 0 Å². The molecule has 1 aromatic heterocycles. The molecule has 3 aromatic carbocycles. The minimum atomic E-state index is 0.699. The molecule has 0 bridgehead atoms. The first-order chi connectivity index (χ1) is 16.2.